The Hall–Kier alpha value is -1.63. The summed E-state index contributed by atoms with van der Waals surface area (Å²) in [4.78, 5) is 7.52. The van der Waals surface area contributed by atoms with Crippen molar-refractivity contribution in [2.75, 3.05) is 13.6 Å². The maximum atomic E-state index is 13.1. The van der Waals surface area contributed by atoms with E-state index in [1.807, 2.05) is 0 Å². The van der Waals surface area contributed by atoms with Crippen molar-refractivity contribution in [1.29, 1.82) is 0 Å². The van der Waals surface area contributed by atoms with E-state index in [2.05, 4.69) is 20.6 Å². The monoisotopic (exact) mass is 518 g/mol. The lowest BCUT2D eigenvalue weighted by Gasteiger charge is -2.17. The van der Waals surface area contributed by atoms with Crippen LogP contribution in [0.1, 0.15) is 17.6 Å². The third-order valence-corrected chi connectivity index (χ3v) is 4.01. The third kappa shape index (κ3) is 7.87. The number of hydrogen-bond acceptors (Lipinski definition) is 4. The molecule has 27 heavy (non-hydrogen) atoms. The Morgan fingerprint density at radius 2 is 2.07 bits per heavy atom. The minimum absolute atomic E-state index is 0. The van der Waals surface area contributed by atoms with E-state index in [1.165, 1.54) is 19.2 Å². The van der Waals surface area contributed by atoms with Crippen molar-refractivity contribution in [1.82, 2.24) is 15.6 Å². The van der Waals surface area contributed by atoms with Crippen LogP contribution >= 0.6 is 35.3 Å². The summed E-state index contributed by atoms with van der Waals surface area (Å²) in [6, 6.07) is 5.80. The average molecular weight is 518 g/mol. The Balaban J connectivity index is 0.00000364. The second kappa shape index (κ2) is 10.6. The van der Waals surface area contributed by atoms with Gasteiger partial charge >= 0.3 is 6.18 Å². The zero-order valence-electron chi connectivity index (χ0n) is 14.5. The van der Waals surface area contributed by atoms with E-state index in [1.54, 1.807) is 19.1 Å². The van der Waals surface area contributed by atoms with Crippen molar-refractivity contribution in [3.8, 4) is 5.75 Å². The van der Waals surface area contributed by atoms with E-state index in [-0.39, 0.29) is 42.4 Å². The van der Waals surface area contributed by atoms with Gasteiger partial charge in [0.05, 0.1) is 13.1 Å². The van der Waals surface area contributed by atoms with Gasteiger partial charge in [-0.1, -0.05) is 6.07 Å². The molecule has 0 fully saturated rings. The third-order valence-electron chi connectivity index (χ3n) is 3.16. The quantitative estimate of drug-likeness (QED) is 0.262. The van der Waals surface area contributed by atoms with Gasteiger partial charge in [0, 0.05) is 18.5 Å². The van der Waals surface area contributed by atoms with Crippen LogP contribution in [0, 0.1) is 5.82 Å². The minimum atomic E-state index is -4.45. The van der Waals surface area contributed by atoms with E-state index >= 15 is 0 Å². The number of thiazole rings is 1. The Labute approximate surface area is 175 Å². The fraction of sp³-hybridized carbons (Fsp3) is 0.375. The van der Waals surface area contributed by atoms with Gasteiger partial charge in [-0.15, -0.1) is 35.3 Å². The fourth-order valence-corrected chi connectivity index (χ4v) is 2.70. The maximum Gasteiger partial charge on any atom is 0.434 e. The molecule has 0 aliphatic carbocycles. The van der Waals surface area contributed by atoms with Gasteiger partial charge in [-0.2, -0.15) is 13.2 Å². The number of guanidine groups is 1. The number of rotatable bonds is 6. The number of nitrogens with one attached hydrogen (secondary N) is 2. The van der Waals surface area contributed by atoms with Crippen molar-refractivity contribution in [3.63, 3.8) is 0 Å². The number of benzene rings is 1. The first-order chi connectivity index (χ1) is 12.3. The molecule has 0 saturated carbocycles. The van der Waals surface area contributed by atoms with Crippen molar-refractivity contribution < 1.29 is 22.3 Å². The van der Waals surface area contributed by atoms with Gasteiger partial charge in [-0.3, -0.25) is 4.99 Å². The molecular weight excluding hydrogens is 499 g/mol. The molecular formula is C16H19F4IN4OS. The summed E-state index contributed by atoms with van der Waals surface area (Å²) in [5, 5.41) is 7.14. The SMILES string of the molecule is CN=C(NCc1nc(C(F)(F)F)cs1)NCC(C)Oc1cccc(F)c1.I. The van der Waals surface area contributed by atoms with Crippen LogP contribution in [-0.2, 0) is 12.7 Å². The first-order valence-corrected chi connectivity index (χ1v) is 8.54. The number of ether oxygens (including phenoxy) is 1. The predicted molar refractivity (Wildman–Crippen MR) is 107 cm³/mol. The lowest BCUT2D eigenvalue weighted by atomic mass is 10.3. The van der Waals surface area contributed by atoms with Crippen LogP contribution in [0.2, 0.25) is 0 Å². The molecule has 0 amide bonds. The first-order valence-electron chi connectivity index (χ1n) is 7.66. The molecule has 11 heteroatoms. The molecule has 2 N–H and O–H groups in total. The smallest absolute Gasteiger partial charge is 0.434 e. The molecule has 2 aromatic rings. The average Bonchev–Trinajstić information content (AvgIpc) is 3.04. The first kappa shape index (κ1) is 23.4. The molecule has 0 radical (unpaired) electrons. The van der Waals surface area contributed by atoms with Crippen LogP contribution in [0.25, 0.3) is 0 Å². The highest BCUT2D eigenvalue weighted by Gasteiger charge is 2.33. The number of aromatic nitrogens is 1. The number of halogens is 5. The standard InChI is InChI=1S/C16H18F4N4OS.HI/c1-10(25-12-5-3-4-11(17)6-12)7-22-15(21-2)23-8-14-24-13(9-26-14)16(18,19)20;/h3-6,9-10H,7-8H2,1-2H3,(H2,21,22,23);1H. The molecule has 2 rings (SSSR count). The minimum Gasteiger partial charge on any atom is -0.489 e. The topological polar surface area (TPSA) is 58.5 Å². The zero-order valence-corrected chi connectivity index (χ0v) is 17.7. The Kier molecular flexibility index (Phi) is 9.22. The molecule has 1 aromatic carbocycles. The van der Waals surface area contributed by atoms with Gasteiger partial charge in [-0.25, -0.2) is 9.37 Å². The van der Waals surface area contributed by atoms with Crippen LogP contribution in [-0.4, -0.2) is 30.6 Å². The van der Waals surface area contributed by atoms with Gasteiger partial charge in [0.15, 0.2) is 11.7 Å². The Morgan fingerprint density at radius 3 is 2.67 bits per heavy atom. The van der Waals surface area contributed by atoms with Crippen LogP contribution in [0.4, 0.5) is 17.6 Å². The highest BCUT2D eigenvalue weighted by molar-refractivity contribution is 14.0. The van der Waals surface area contributed by atoms with E-state index in [9.17, 15) is 17.6 Å². The molecule has 1 heterocycles. The Morgan fingerprint density at radius 1 is 1.33 bits per heavy atom. The van der Waals surface area contributed by atoms with Crippen molar-refractivity contribution in [2.24, 2.45) is 4.99 Å². The van der Waals surface area contributed by atoms with E-state index < -0.39 is 11.9 Å². The molecule has 1 aromatic heterocycles. The summed E-state index contributed by atoms with van der Waals surface area (Å²) < 4.78 is 56.3. The van der Waals surface area contributed by atoms with Crippen LogP contribution in [0.15, 0.2) is 34.6 Å². The molecule has 5 nitrogen and oxygen atoms in total. The van der Waals surface area contributed by atoms with Crippen molar-refractivity contribution in [3.05, 3.63) is 46.2 Å². The lowest BCUT2D eigenvalue weighted by Crippen LogP contribution is -2.41. The van der Waals surface area contributed by atoms with Gasteiger partial charge in [-0.05, 0) is 19.1 Å². The van der Waals surface area contributed by atoms with Gasteiger partial charge < -0.3 is 15.4 Å². The molecule has 0 bridgehead atoms. The number of aliphatic imine (C=N–C) groups is 1. The molecule has 0 saturated heterocycles. The van der Waals surface area contributed by atoms with Crippen LogP contribution < -0.4 is 15.4 Å². The molecule has 150 valence electrons. The fourth-order valence-electron chi connectivity index (χ4n) is 1.96. The summed E-state index contributed by atoms with van der Waals surface area (Å²) in [6.45, 7) is 2.27. The summed E-state index contributed by atoms with van der Waals surface area (Å²) in [6.07, 6.45) is -4.73. The van der Waals surface area contributed by atoms with Gasteiger partial charge in [0.2, 0.25) is 0 Å². The second-order valence-corrected chi connectivity index (χ2v) is 6.26. The number of hydrogen-bond donors (Lipinski definition) is 2. The summed E-state index contributed by atoms with van der Waals surface area (Å²) >= 11 is 0.920. The van der Waals surface area contributed by atoms with E-state index in [0.717, 1.165) is 16.7 Å². The summed E-state index contributed by atoms with van der Waals surface area (Å²) in [7, 11) is 1.54. The normalized spacial score (nSPS) is 12.9. The van der Waals surface area contributed by atoms with Gasteiger partial charge in [0.25, 0.3) is 0 Å². The Bertz CT molecular complexity index is 754. The highest BCUT2D eigenvalue weighted by atomic mass is 127. The van der Waals surface area contributed by atoms with Crippen molar-refractivity contribution in [2.45, 2.75) is 25.7 Å². The summed E-state index contributed by atoms with van der Waals surface area (Å²) in [5.41, 5.74) is -0.903. The van der Waals surface area contributed by atoms with E-state index in [0.29, 0.717) is 23.3 Å². The highest BCUT2D eigenvalue weighted by Crippen LogP contribution is 2.29. The van der Waals surface area contributed by atoms with Gasteiger partial charge in [0.1, 0.15) is 22.7 Å². The predicted octanol–water partition coefficient (Wildman–Crippen LogP) is 4.05. The van der Waals surface area contributed by atoms with Crippen LogP contribution in [0.3, 0.4) is 0 Å². The molecule has 1 atom stereocenters. The van der Waals surface area contributed by atoms with E-state index in [4.69, 9.17) is 4.74 Å². The second-order valence-electron chi connectivity index (χ2n) is 5.32. The summed E-state index contributed by atoms with van der Waals surface area (Å²) in [5.74, 6) is 0.412. The molecule has 0 aliphatic heterocycles. The molecule has 0 spiro atoms. The lowest BCUT2D eigenvalue weighted by molar-refractivity contribution is -0.140. The zero-order chi connectivity index (χ0) is 19.2. The number of nitrogens with zero attached hydrogens (tertiary/aromatic N) is 2. The largest absolute Gasteiger partial charge is 0.489 e. The van der Waals surface area contributed by atoms with Crippen LogP contribution in [0.5, 0.6) is 5.75 Å². The molecule has 1 unspecified atom stereocenters. The maximum absolute atomic E-state index is 13.1. The number of alkyl halides is 3. The molecule has 0 aliphatic rings. The van der Waals surface area contributed by atoms with Crippen molar-refractivity contribution >= 4 is 41.3 Å².